The van der Waals surface area contributed by atoms with E-state index < -0.39 is 6.09 Å². The summed E-state index contributed by atoms with van der Waals surface area (Å²) in [6.07, 6.45) is 3.97. The second kappa shape index (κ2) is 7.78. The predicted molar refractivity (Wildman–Crippen MR) is 115 cm³/mol. The molecule has 2 fully saturated rings. The van der Waals surface area contributed by atoms with E-state index in [1.54, 1.807) is 12.4 Å². The summed E-state index contributed by atoms with van der Waals surface area (Å²) < 4.78 is 4.71. The van der Waals surface area contributed by atoms with Gasteiger partial charge in [-0.15, -0.1) is 0 Å². The summed E-state index contributed by atoms with van der Waals surface area (Å²) in [5.41, 5.74) is 2.04. The highest BCUT2D eigenvalue weighted by atomic mass is 16.5. The van der Waals surface area contributed by atoms with Gasteiger partial charge in [0.05, 0.1) is 24.4 Å². The normalized spacial score (nSPS) is 19.0. The van der Waals surface area contributed by atoms with E-state index in [-0.39, 0.29) is 6.04 Å². The Morgan fingerprint density at radius 2 is 1.90 bits per heavy atom. The molecule has 8 heteroatoms. The van der Waals surface area contributed by atoms with Crippen molar-refractivity contribution in [2.24, 2.45) is 0 Å². The summed E-state index contributed by atoms with van der Waals surface area (Å²) >= 11 is 0. The van der Waals surface area contributed by atoms with Crippen LogP contribution in [-0.4, -0.2) is 60.4 Å². The van der Waals surface area contributed by atoms with E-state index in [0.29, 0.717) is 12.5 Å². The molecule has 1 atom stereocenters. The van der Waals surface area contributed by atoms with Crippen molar-refractivity contribution in [1.82, 2.24) is 20.3 Å². The Labute approximate surface area is 174 Å². The molecule has 2 aromatic heterocycles. The van der Waals surface area contributed by atoms with Crippen LogP contribution in [0.1, 0.15) is 18.0 Å². The highest BCUT2D eigenvalue weighted by Crippen LogP contribution is 2.35. The molecule has 2 aliphatic heterocycles. The van der Waals surface area contributed by atoms with Crippen molar-refractivity contribution in [2.45, 2.75) is 18.4 Å². The molecule has 2 aliphatic rings. The molecule has 8 nitrogen and oxygen atoms in total. The summed E-state index contributed by atoms with van der Waals surface area (Å²) in [6.45, 7) is 3.29. The van der Waals surface area contributed by atoms with Gasteiger partial charge in [0, 0.05) is 49.9 Å². The number of methoxy groups -OCH3 is 1. The number of hydrogen-bond acceptors (Lipinski definition) is 7. The standard InChI is InChI=1S/C22H24N6O2/c1-30-22(29)25-17-8-11-27(14-17)21-20(23-9-10-24-21)16-12-28(13-16)19-7-6-15-4-2-3-5-18(15)26-19/h2-7,9-10,16-17H,8,11-14H2,1H3,(H,25,29)/t17-/m0/s1. The second-order valence-corrected chi connectivity index (χ2v) is 7.80. The first-order chi connectivity index (χ1) is 14.7. The number of nitrogens with zero attached hydrogens (tertiary/aromatic N) is 5. The lowest BCUT2D eigenvalue weighted by atomic mass is 9.95. The molecule has 0 spiro atoms. The SMILES string of the molecule is COC(=O)N[C@H]1CCN(c2nccnc2C2CN(c3ccc4ccccc4n3)C2)C1. The van der Waals surface area contributed by atoms with Crippen molar-refractivity contribution < 1.29 is 9.53 Å². The lowest BCUT2D eigenvalue weighted by Crippen LogP contribution is -2.46. The average molecular weight is 404 g/mol. The van der Waals surface area contributed by atoms with Gasteiger partial charge in [-0.1, -0.05) is 18.2 Å². The third kappa shape index (κ3) is 3.49. The Balaban J connectivity index is 1.28. The maximum absolute atomic E-state index is 11.5. The van der Waals surface area contributed by atoms with Crippen molar-refractivity contribution >= 4 is 28.6 Å². The van der Waals surface area contributed by atoms with Crippen LogP contribution in [0.15, 0.2) is 48.8 Å². The van der Waals surface area contributed by atoms with Gasteiger partial charge in [0.2, 0.25) is 0 Å². The Kier molecular flexibility index (Phi) is 4.82. The molecule has 4 heterocycles. The number of amides is 1. The van der Waals surface area contributed by atoms with Crippen LogP contribution in [0.3, 0.4) is 0 Å². The Morgan fingerprint density at radius 1 is 1.07 bits per heavy atom. The van der Waals surface area contributed by atoms with Crippen molar-refractivity contribution in [3.63, 3.8) is 0 Å². The molecule has 0 aliphatic carbocycles. The molecule has 154 valence electrons. The Morgan fingerprint density at radius 3 is 2.77 bits per heavy atom. The zero-order valence-electron chi connectivity index (χ0n) is 16.9. The number of anilines is 2. The maximum atomic E-state index is 11.5. The fraction of sp³-hybridized carbons (Fsp3) is 0.364. The molecular formula is C22H24N6O2. The number of hydrogen-bond donors (Lipinski definition) is 1. The van der Waals surface area contributed by atoms with Crippen LogP contribution >= 0.6 is 0 Å². The van der Waals surface area contributed by atoms with Crippen LogP contribution in [-0.2, 0) is 4.74 Å². The molecule has 2 saturated heterocycles. The number of fused-ring (bicyclic) bond motifs is 1. The number of benzene rings is 1. The lowest BCUT2D eigenvalue weighted by Gasteiger charge is -2.40. The number of rotatable bonds is 4. The summed E-state index contributed by atoms with van der Waals surface area (Å²) in [6, 6.07) is 12.4. The quantitative estimate of drug-likeness (QED) is 0.715. The third-order valence-corrected chi connectivity index (χ3v) is 5.88. The number of carbonyl (C=O) groups excluding carboxylic acids is 1. The number of nitrogens with one attached hydrogen (secondary N) is 1. The summed E-state index contributed by atoms with van der Waals surface area (Å²) in [5.74, 6) is 2.23. The molecule has 0 unspecified atom stereocenters. The van der Waals surface area contributed by atoms with Gasteiger partial charge in [0.25, 0.3) is 0 Å². The van der Waals surface area contributed by atoms with Crippen LogP contribution in [0.5, 0.6) is 0 Å². The van der Waals surface area contributed by atoms with E-state index >= 15 is 0 Å². The molecule has 1 aromatic carbocycles. The fourth-order valence-corrected chi connectivity index (χ4v) is 4.24. The minimum atomic E-state index is -0.390. The zero-order chi connectivity index (χ0) is 20.5. The number of ether oxygens (including phenoxy) is 1. The van der Waals surface area contributed by atoms with Gasteiger partial charge in [-0.25, -0.2) is 14.8 Å². The number of aromatic nitrogens is 3. The number of para-hydroxylation sites is 1. The van der Waals surface area contributed by atoms with Gasteiger partial charge >= 0.3 is 6.09 Å². The van der Waals surface area contributed by atoms with E-state index in [1.807, 2.05) is 18.2 Å². The van der Waals surface area contributed by atoms with Crippen LogP contribution in [0.25, 0.3) is 10.9 Å². The van der Waals surface area contributed by atoms with Gasteiger partial charge < -0.3 is 19.9 Å². The smallest absolute Gasteiger partial charge is 0.407 e. The molecule has 5 rings (SSSR count). The monoisotopic (exact) mass is 404 g/mol. The topological polar surface area (TPSA) is 83.5 Å². The Bertz CT molecular complexity index is 1070. The first-order valence-electron chi connectivity index (χ1n) is 10.2. The minimum Gasteiger partial charge on any atom is -0.453 e. The molecule has 0 radical (unpaired) electrons. The summed E-state index contributed by atoms with van der Waals surface area (Å²) in [4.78, 5) is 30.1. The lowest BCUT2D eigenvalue weighted by molar-refractivity contribution is 0.167. The first kappa shape index (κ1) is 18.6. The van der Waals surface area contributed by atoms with Gasteiger partial charge in [-0.05, 0) is 24.6 Å². The second-order valence-electron chi connectivity index (χ2n) is 7.80. The van der Waals surface area contributed by atoms with E-state index in [1.165, 1.54) is 7.11 Å². The highest BCUT2D eigenvalue weighted by Gasteiger charge is 2.35. The predicted octanol–water partition coefficient (Wildman–Crippen LogP) is 2.56. The minimum absolute atomic E-state index is 0.0620. The van der Waals surface area contributed by atoms with Crippen LogP contribution in [0, 0.1) is 0 Å². The van der Waals surface area contributed by atoms with Crippen LogP contribution < -0.4 is 15.1 Å². The highest BCUT2D eigenvalue weighted by molar-refractivity contribution is 5.80. The van der Waals surface area contributed by atoms with Crippen molar-refractivity contribution in [3.8, 4) is 0 Å². The fourth-order valence-electron chi connectivity index (χ4n) is 4.24. The molecule has 30 heavy (non-hydrogen) atoms. The van der Waals surface area contributed by atoms with Gasteiger partial charge in [-0.3, -0.25) is 4.98 Å². The Hall–Kier alpha value is -3.42. The summed E-state index contributed by atoms with van der Waals surface area (Å²) in [5, 5.41) is 4.03. The number of pyridine rings is 1. The first-order valence-corrected chi connectivity index (χ1v) is 10.2. The largest absolute Gasteiger partial charge is 0.453 e. The van der Waals surface area contributed by atoms with E-state index in [4.69, 9.17) is 9.72 Å². The summed E-state index contributed by atoms with van der Waals surface area (Å²) in [7, 11) is 1.38. The average Bonchev–Trinajstić information content (AvgIpc) is 3.21. The number of alkyl carbamates (subject to hydrolysis) is 1. The zero-order valence-corrected chi connectivity index (χ0v) is 16.9. The molecule has 0 bridgehead atoms. The van der Waals surface area contributed by atoms with Crippen molar-refractivity contribution in [3.05, 3.63) is 54.5 Å². The molecular weight excluding hydrogens is 380 g/mol. The van der Waals surface area contributed by atoms with E-state index in [9.17, 15) is 4.79 Å². The van der Waals surface area contributed by atoms with Gasteiger partial charge in [0.15, 0.2) is 5.82 Å². The van der Waals surface area contributed by atoms with E-state index in [0.717, 1.165) is 54.3 Å². The van der Waals surface area contributed by atoms with Crippen LogP contribution in [0.2, 0.25) is 0 Å². The molecule has 3 aromatic rings. The molecule has 1 amide bonds. The third-order valence-electron chi connectivity index (χ3n) is 5.88. The van der Waals surface area contributed by atoms with E-state index in [2.05, 4.69) is 43.3 Å². The van der Waals surface area contributed by atoms with Gasteiger partial charge in [-0.2, -0.15) is 0 Å². The molecule has 0 saturated carbocycles. The van der Waals surface area contributed by atoms with Crippen LogP contribution in [0.4, 0.5) is 16.4 Å². The molecule has 1 N–H and O–H groups in total. The van der Waals surface area contributed by atoms with Gasteiger partial charge in [0.1, 0.15) is 5.82 Å². The maximum Gasteiger partial charge on any atom is 0.407 e. The van der Waals surface area contributed by atoms with Crippen molar-refractivity contribution in [1.29, 1.82) is 0 Å². The van der Waals surface area contributed by atoms with Crippen molar-refractivity contribution in [2.75, 3.05) is 43.1 Å². The number of carbonyl (C=O) groups is 1.